The maximum atomic E-state index is 5.18. The molecule has 0 aliphatic carbocycles. The normalized spacial score (nSPS) is 11.4. The summed E-state index contributed by atoms with van der Waals surface area (Å²) in [5.41, 5.74) is 1.29. The van der Waals surface area contributed by atoms with Gasteiger partial charge in [-0.05, 0) is 13.0 Å². The fourth-order valence-electron chi connectivity index (χ4n) is 1.26. The largest absolute Gasteiger partial charge is 0.311 e. The van der Waals surface area contributed by atoms with Crippen LogP contribution < -0.4 is 5.32 Å². The average molecular weight is 236 g/mol. The zero-order chi connectivity index (χ0) is 12.0. The third kappa shape index (κ3) is 4.34. The Morgan fingerprint density at radius 2 is 2.25 bits per heavy atom. The zero-order valence-electron chi connectivity index (χ0n) is 10.3. The second-order valence-electron chi connectivity index (χ2n) is 4.88. The number of hydrogen-bond acceptors (Lipinski definition) is 3. The second kappa shape index (κ2) is 6.03. The van der Waals surface area contributed by atoms with Gasteiger partial charge in [-0.25, -0.2) is 4.98 Å². The van der Waals surface area contributed by atoms with Gasteiger partial charge in [-0.1, -0.05) is 20.8 Å². The lowest BCUT2D eigenvalue weighted by Crippen LogP contribution is -2.16. The van der Waals surface area contributed by atoms with Crippen LogP contribution in [0, 0.1) is 12.3 Å². The molecule has 0 bridgehead atoms. The van der Waals surface area contributed by atoms with Crippen LogP contribution in [0.3, 0.4) is 0 Å². The van der Waals surface area contributed by atoms with Crippen LogP contribution in [0.2, 0.25) is 0 Å². The molecule has 88 valence electrons. The molecule has 0 aliphatic rings. The Kier molecular flexibility index (Phi) is 4.98. The van der Waals surface area contributed by atoms with E-state index in [1.165, 1.54) is 5.01 Å². The Labute approximate surface area is 102 Å². The number of nitrogens with one attached hydrogen (secondary N) is 1. The molecular weight excluding hydrogens is 216 g/mol. The standard InChI is InChI=1S/C13H20N2S/c1-5-6-7-8-14-9-11-10-16-12(15-11)13(2,3)4/h1,10,14H,6-9H2,2-4H3. The van der Waals surface area contributed by atoms with Gasteiger partial charge in [0.15, 0.2) is 0 Å². The molecule has 0 saturated heterocycles. The topological polar surface area (TPSA) is 24.9 Å². The molecule has 0 amide bonds. The quantitative estimate of drug-likeness (QED) is 0.628. The van der Waals surface area contributed by atoms with E-state index in [9.17, 15) is 0 Å². The Bertz CT molecular complexity index is 355. The van der Waals surface area contributed by atoms with E-state index in [0.717, 1.165) is 31.6 Å². The van der Waals surface area contributed by atoms with E-state index in [0.29, 0.717) is 0 Å². The molecule has 1 aromatic rings. The van der Waals surface area contributed by atoms with E-state index in [2.05, 4.69) is 42.4 Å². The molecule has 0 unspecified atom stereocenters. The van der Waals surface area contributed by atoms with Crippen molar-refractivity contribution in [3.8, 4) is 12.3 Å². The van der Waals surface area contributed by atoms with Crippen LogP contribution in [-0.2, 0) is 12.0 Å². The van der Waals surface area contributed by atoms with Gasteiger partial charge in [0.05, 0.1) is 10.7 Å². The Morgan fingerprint density at radius 1 is 1.50 bits per heavy atom. The molecular formula is C13H20N2S. The van der Waals surface area contributed by atoms with Crippen molar-refractivity contribution >= 4 is 11.3 Å². The number of nitrogens with zero attached hydrogens (tertiary/aromatic N) is 1. The van der Waals surface area contributed by atoms with Crippen LogP contribution in [-0.4, -0.2) is 11.5 Å². The highest BCUT2D eigenvalue weighted by atomic mass is 32.1. The highest BCUT2D eigenvalue weighted by Crippen LogP contribution is 2.25. The van der Waals surface area contributed by atoms with Crippen molar-refractivity contribution in [3.63, 3.8) is 0 Å². The summed E-state index contributed by atoms with van der Waals surface area (Å²) in [4.78, 5) is 4.62. The van der Waals surface area contributed by atoms with Crippen LogP contribution in [0.15, 0.2) is 5.38 Å². The molecule has 0 aromatic carbocycles. The first-order valence-electron chi connectivity index (χ1n) is 5.63. The van der Waals surface area contributed by atoms with E-state index in [4.69, 9.17) is 6.42 Å². The molecule has 0 saturated carbocycles. The molecule has 1 aromatic heterocycles. The van der Waals surface area contributed by atoms with Crippen molar-refractivity contribution in [1.82, 2.24) is 10.3 Å². The summed E-state index contributed by atoms with van der Waals surface area (Å²) in [6, 6.07) is 0. The van der Waals surface area contributed by atoms with Gasteiger partial charge in [-0.3, -0.25) is 0 Å². The maximum absolute atomic E-state index is 5.18. The average Bonchev–Trinajstić information content (AvgIpc) is 2.65. The predicted octanol–water partition coefficient (Wildman–Crippen LogP) is 2.94. The summed E-state index contributed by atoms with van der Waals surface area (Å²) in [5, 5.41) is 6.69. The lowest BCUT2D eigenvalue weighted by Gasteiger charge is -2.13. The van der Waals surface area contributed by atoms with Gasteiger partial charge in [-0.15, -0.1) is 23.7 Å². The van der Waals surface area contributed by atoms with Gasteiger partial charge in [0.2, 0.25) is 0 Å². The van der Waals surface area contributed by atoms with Crippen LogP contribution in [0.4, 0.5) is 0 Å². The number of aromatic nitrogens is 1. The molecule has 1 heterocycles. The first kappa shape index (κ1) is 13.2. The van der Waals surface area contributed by atoms with E-state index in [-0.39, 0.29) is 5.41 Å². The minimum Gasteiger partial charge on any atom is -0.311 e. The molecule has 0 aliphatic heterocycles. The summed E-state index contributed by atoms with van der Waals surface area (Å²) in [6.07, 6.45) is 7.06. The number of thiazole rings is 1. The summed E-state index contributed by atoms with van der Waals surface area (Å²) in [5.74, 6) is 2.64. The molecule has 0 fully saturated rings. The van der Waals surface area contributed by atoms with Gasteiger partial charge in [0, 0.05) is 23.8 Å². The van der Waals surface area contributed by atoms with E-state index in [1.54, 1.807) is 11.3 Å². The molecule has 2 nitrogen and oxygen atoms in total. The lowest BCUT2D eigenvalue weighted by atomic mass is 9.98. The SMILES string of the molecule is C#CCCCNCc1csc(C(C)(C)C)n1. The third-order valence-corrected chi connectivity index (χ3v) is 3.49. The minimum atomic E-state index is 0.159. The molecule has 16 heavy (non-hydrogen) atoms. The van der Waals surface area contributed by atoms with Gasteiger partial charge >= 0.3 is 0 Å². The van der Waals surface area contributed by atoms with Gasteiger partial charge in [-0.2, -0.15) is 0 Å². The predicted molar refractivity (Wildman–Crippen MR) is 70.6 cm³/mol. The van der Waals surface area contributed by atoms with Crippen LogP contribution in [0.25, 0.3) is 0 Å². The van der Waals surface area contributed by atoms with Crippen LogP contribution in [0.5, 0.6) is 0 Å². The van der Waals surface area contributed by atoms with Crippen LogP contribution >= 0.6 is 11.3 Å². The third-order valence-electron chi connectivity index (χ3n) is 2.17. The van der Waals surface area contributed by atoms with E-state index in [1.807, 2.05) is 0 Å². The molecule has 0 atom stereocenters. The first-order valence-corrected chi connectivity index (χ1v) is 6.51. The Balaban J connectivity index is 2.33. The van der Waals surface area contributed by atoms with Crippen molar-refractivity contribution in [2.75, 3.05) is 6.54 Å². The molecule has 1 N–H and O–H groups in total. The van der Waals surface area contributed by atoms with Crippen molar-refractivity contribution < 1.29 is 0 Å². The monoisotopic (exact) mass is 236 g/mol. The molecule has 0 radical (unpaired) electrons. The van der Waals surface area contributed by atoms with Crippen molar-refractivity contribution in [2.45, 2.75) is 45.6 Å². The number of rotatable bonds is 5. The lowest BCUT2D eigenvalue weighted by molar-refractivity contribution is 0.578. The highest BCUT2D eigenvalue weighted by molar-refractivity contribution is 7.09. The Hall–Kier alpha value is -0.850. The molecule has 0 spiro atoms. The summed E-state index contributed by atoms with van der Waals surface area (Å²) >= 11 is 1.74. The number of unbranched alkanes of at least 4 members (excludes halogenated alkanes) is 1. The van der Waals surface area contributed by atoms with E-state index >= 15 is 0 Å². The highest BCUT2D eigenvalue weighted by Gasteiger charge is 2.17. The van der Waals surface area contributed by atoms with Gasteiger partial charge in [0.1, 0.15) is 0 Å². The fourth-order valence-corrected chi connectivity index (χ4v) is 2.17. The molecule has 1 rings (SSSR count). The molecule has 3 heteroatoms. The van der Waals surface area contributed by atoms with Gasteiger partial charge < -0.3 is 5.32 Å². The first-order chi connectivity index (χ1) is 7.54. The Morgan fingerprint density at radius 3 is 2.81 bits per heavy atom. The van der Waals surface area contributed by atoms with Crippen molar-refractivity contribution in [3.05, 3.63) is 16.1 Å². The minimum absolute atomic E-state index is 0.159. The van der Waals surface area contributed by atoms with Gasteiger partial charge in [0.25, 0.3) is 0 Å². The maximum Gasteiger partial charge on any atom is 0.0982 e. The summed E-state index contributed by atoms with van der Waals surface area (Å²) in [7, 11) is 0. The zero-order valence-corrected chi connectivity index (χ0v) is 11.2. The summed E-state index contributed by atoms with van der Waals surface area (Å²) in [6.45, 7) is 8.38. The fraction of sp³-hybridized carbons (Fsp3) is 0.615. The second-order valence-corrected chi connectivity index (χ2v) is 5.74. The number of terminal acetylenes is 1. The van der Waals surface area contributed by atoms with E-state index < -0.39 is 0 Å². The smallest absolute Gasteiger partial charge is 0.0982 e. The van der Waals surface area contributed by atoms with Crippen molar-refractivity contribution in [1.29, 1.82) is 0 Å². The van der Waals surface area contributed by atoms with Crippen LogP contribution in [0.1, 0.15) is 44.3 Å². The van der Waals surface area contributed by atoms with Crippen molar-refractivity contribution in [2.24, 2.45) is 0 Å². The summed E-state index contributed by atoms with van der Waals surface area (Å²) < 4.78 is 0. The number of hydrogen-bond donors (Lipinski definition) is 1.